The second-order valence-corrected chi connectivity index (χ2v) is 6.37. The van der Waals surface area contributed by atoms with Gasteiger partial charge in [-0.05, 0) is 20.8 Å². The molecular formula is C18H26B-. The Morgan fingerprint density at radius 3 is 1.47 bits per heavy atom. The Kier molecular flexibility index (Phi) is 5.41. The fraction of sp³-hybridized carbons (Fsp3) is 0.333. The molecule has 102 valence electrons. The molecule has 0 N–H and O–H groups in total. The molecule has 19 heavy (non-hydrogen) atoms. The van der Waals surface area contributed by atoms with Crippen LogP contribution in [0.15, 0.2) is 66.8 Å². The van der Waals surface area contributed by atoms with Gasteiger partial charge in [-0.2, -0.15) is 19.0 Å². The number of hydrogen-bond acceptors (Lipinski definition) is 0. The molecule has 0 bridgehead atoms. The van der Waals surface area contributed by atoms with Gasteiger partial charge in [-0.1, -0.05) is 30.3 Å². The third-order valence-corrected chi connectivity index (χ3v) is 3.72. The predicted molar refractivity (Wildman–Crippen MR) is 90.7 cm³/mol. The molecule has 1 heteroatoms. The van der Waals surface area contributed by atoms with E-state index in [1.807, 2.05) is 0 Å². The normalized spacial score (nSPS) is 11.1. The van der Waals surface area contributed by atoms with Crippen LogP contribution in [0.25, 0.3) is 0 Å². The Hall–Kier alpha value is -1.50. The van der Waals surface area contributed by atoms with E-state index in [9.17, 15) is 0 Å². The highest BCUT2D eigenvalue weighted by Crippen LogP contribution is 2.30. The molecule has 1 rings (SSSR count). The highest BCUT2D eigenvalue weighted by Gasteiger charge is 2.26. The van der Waals surface area contributed by atoms with Gasteiger partial charge >= 0.3 is 0 Å². The van der Waals surface area contributed by atoms with Crippen molar-refractivity contribution in [2.45, 2.75) is 39.7 Å². The van der Waals surface area contributed by atoms with Crippen LogP contribution in [-0.2, 0) is 0 Å². The van der Waals surface area contributed by atoms with Gasteiger partial charge in [0.2, 0.25) is 0 Å². The summed E-state index contributed by atoms with van der Waals surface area (Å²) in [5.74, 6) is 0. The second-order valence-electron chi connectivity index (χ2n) is 6.37. The van der Waals surface area contributed by atoms with Crippen molar-refractivity contribution in [3.8, 4) is 0 Å². The fourth-order valence-corrected chi connectivity index (χ4v) is 3.43. The SMILES string of the molecule is C=C(C)C[B-](CC(=C)C)(CC(=C)C)c1ccccc1. The summed E-state index contributed by atoms with van der Waals surface area (Å²) in [6, 6.07) is 10.8. The molecule has 0 saturated carbocycles. The van der Waals surface area contributed by atoms with Gasteiger partial charge in [0.25, 0.3) is 0 Å². The standard InChI is InChI=1S/C18H26B/c1-15(2)12-19(13-16(3)4,14-17(5)6)18-10-8-7-9-11-18/h7-11H,1,3,5,12-14H2,2,4,6H3/q-1. The first kappa shape index (κ1) is 15.6. The van der Waals surface area contributed by atoms with Crippen molar-refractivity contribution in [3.63, 3.8) is 0 Å². The lowest BCUT2D eigenvalue weighted by molar-refractivity contribution is 1.20. The minimum absolute atomic E-state index is 0.714. The summed E-state index contributed by atoms with van der Waals surface area (Å²) in [5, 5.41) is 0. The van der Waals surface area contributed by atoms with Gasteiger partial charge in [-0.25, -0.2) is 5.46 Å². The van der Waals surface area contributed by atoms with Gasteiger partial charge in [0.05, 0.1) is 0 Å². The Balaban J connectivity index is 3.28. The number of benzene rings is 1. The van der Waals surface area contributed by atoms with Crippen LogP contribution in [0.3, 0.4) is 0 Å². The maximum atomic E-state index is 4.14. The van der Waals surface area contributed by atoms with Crippen LogP contribution >= 0.6 is 0 Å². The molecule has 0 spiro atoms. The number of allylic oxidation sites excluding steroid dienone is 3. The molecule has 0 heterocycles. The van der Waals surface area contributed by atoms with Crippen LogP contribution < -0.4 is 5.46 Å². The largest absolute Gasteiger partial charge is 0.209 e. The quantitative estimate of drug-likeness (QED) is 0.470. The van der Waals surface area contributed by atoms with E-state index in [0.29, 0.717) is 0 Å². The van der Waals surface area contributed by atoms with E-state index in [1.165, 1.54) is 22.2 Å². The zero-order valence-corrected chi connectivity index (χ0v) is 12.7. The lowest BCUT2D eigenvalue weighted by Gasteiger charge is -2.42. The highest BCUT2D eigenvalue weighted by molar-refractivity contribution is 6.93. The van der Waals surface area contributed by atoms with Crippen LogP contribution in [0.5, 0.6) is 0 Å². The zero-order valence-electron chi connectivity index (χ0n) is 12.7. The second kappa shape index (κ2) is 6.61. The smallest absolute Gasteiger partial charge is 0.0403 e. The van der Waals surface area contributed by atoms with Crippen molar-refractivity contribution in [1.82, 2.24) is 0 Å². The van der Waals surface area contributed by atoms with Crippen LogP contribution in [0, 0.1) is 0 Å². The monoisotopic (exact) mass is 253 g/mol. The predicted octanol–water partition coefficient (Wildman–Crippen LogP) is 5.07. The molecule has 0 fully saturated rings. The molecule has 0 amide bonds. The average molecular weight is 253 g/mol. The molecule has 0 nitrogen and oxygen atoms in total. The summed E-state index contributed by atoms with van der Waals surface area (Å²) < 4.78 is 0. The summed E-state index contributed by atoms with van der Waals surface area (Å²) >= 11 is 0. The summed E-state index contributed by atoms with van der Waals surface area (Å²) in [5.41, 5.74) is 5.15. The Morgan fingerprint density at radius 2 is 1.16 bits per heavy atom. The Morgan fingerprint density at radius 1 is 0.789 bits per heavy atom. The van der Waals surface area contributed by atoms with Crippen LogP contribution in [0.2, 0.25) is 19.0 Å². The van der Waals surface area contributed by atoms with Crippen molar-refractivity contribution in [3.05, 3.63) is 66.8 Å². The van der Waals surface area contributed by atoms with Crippen molar-refractivity contribution in [1.29, 1.82) is 0 Å². The number of hydrogen-bond donors (Lipinski definition) is 0. The third-order valence-electron chi connectivity index (χ3n) is 3.72. The van der Waals surface area contributed by atoms with E-state index in [-0.39, 0.29) is 0 Å². The topological polar surface area (TPSA) is 0 Å². The summed E-state index contributed by atoms with van der Waals surface area (Å²) in [7, 11) is 0. The van der Waals surface area contributed by atoms with Crippen molar-refractivity contribution in [2.24, 2.45) is 0 Å². The molecule has 0 aliphatic heterocycles. The van der Waals surface area contributed by atoms with Gasteiger partial charge in [0.1, 0.15) is 0 Å². The molecule has 0 atom stereocenters. The maximum absolute atomic E-state index is 4.14. The van der Waals surface area contributed by atoms with Gasteiger partial charge < -0.3 is 0 Å². The molecule has 0 aliphatic carbocycles. The molecule has 0 saturated heterocycles. The third kappa shape index (κ3) is 4.59. The van der Waals surface area contributed by atoms with Gasteiger partial charge in [-0.15, -0.1) is 36.5 Å². The molecule has 1 aromatic rings. The first-order chi connectivity index (χ1) is 8.85. The van der Waals surface area contributed by atoms with Crippen LogP contribution in [0.1, 0.15) is 20.8 Å². The van der Waals surface area contributed by atoms with E-state index >= 15 is 0 Å². The van der Waals surface area contributed by atoms with E-state index in [1.54, 1.807) is 0 Å². The minimum Gasteiger partial charge on any atom is -0.209 e. The molecular weight excluding hydrogens is 227 g/mol. The lowest BCUT2D eigenvalue weighted by Crippen LogP contribution is -2.48. The Labute approximate surface area is 118 Å². The van der Waals surface area contributed by atoms with Gasteiger partial charge in [0, 0.05) is 6.15 Å². The number of rotatable bonds is 7. The molecule has 0 aromatic heterocycles. The lowest BCUT2D eigenvalue weighted by atomic mass is 9.15. The average Bonchev–Trinajstić information content (AvgIpc) is 2.27. The van der Waals surface area contributed by atoms with Crippen molar-refractivity contribution >= 4 is 11.6 Å². The van der Waals surface area contributed by atoms with Crippen molar-refractivity contribution in [2.75, 3.05) is 0 Å². The summed E-state index contributed by atoms with van der Waals surface area (Å²) in [6.07, 6.45) is 2.42. The summed E-state index contributed by atoms with van der Waals surface area (Å²) in [4.78, 5) is 0. The molecule has 0 aliphatic rings. The first-order valence-corrected chi connectivity index (χ1v) is 7.05. The minimum atomic E-state index is -0.714. The molecule has 1 aromatic carbocycles. The van der Waals surface area contributed by atoms with E-state index in [2.05, 4.69) is 70.8 Å². The first-order valence-electron chi connectivity index (χ1n) is 7.05. The highest BCUT2D eigenvalue weighted by atomic mass is 14.1. The van der Waals surface area contributed by atoms with E-state index < -0.39 is 6.15 Å². The van der Waals surface area contributed by atoms with Crippen LogP contribution in [-0.4, -0.2) is 6.15 Å². The molecule has 0 unspecified atom stereocenters. The van der Waals surface area contributed by atoms with Crippen molar-refractivity contribution < 1.29 is 0 Å². The Bertz CT molecular complexity index is 427. The van der Waals surface area contributed by atoms with Crippen LogP contribution in [0.4, 0.5) is 0 Å². The molecule has 0 radical (unpaired) electrons. The van der Waals surface area contributed by atoms with Gasteiger partial charge in [0.15, 0.2) is 0 Å². The fourth-order valence-electron chi connectivity index (χ4n) is 3.43. The van der Waals surface area contributed by atoms with E-state index in [4.69, 9.17) is 0 Å². The zero-order chi connectivity index (χ0) is 14.5. The maximum Gasteiger partial charge on any atom is 0.0403 e. The van der Waals surface area contributed by atoms with E-state index in [0.717, 1.165) is 19.0 Å². The van der Waals surface area contributed by atoms with Gasteiger partial charge in [-0.3, -0.25) is 0 Å². The summed E-state index contributed by atoms with van der Waals surface area (Å²) in [6.45, 7) is 18.8.